The highest BCUT2D eigenvalue weighted by Crippen LogP contribution is 2.04. The van der Waals surface area contributed by atoms with Gasteiger partial charge in [0.25, 0.3) is 0 Å². The standard InChI is InChI=1S/C15H22FNO2/c1-2-19-15(18)9-4-3-5-10-17-12-13-7-6-8-14(16)11-13/h6-8,11,17H,2-5,9-10,12H2,1H3. The van der Waals surface area contributed by atoms with E-state index in [-0.39, 0.29) is 11.8 Å². The number of rotatable bonds is 9. The second kappa shape index (κ2) is 9.50. The number of hydrogen-bond acceptors (Lipinski definition) is 3. The molecule has 0 aliphatic carbocycles. The van der Waals surface area contributed by atoms with Crippen LogP contribution in [0.3, 0.4) is 0 Å². The van der Waals surface area contributed by atoms with Gasteiger partial charge in [0, 0.05) is 13.0 Å². The first-order valence-corrected chi connectivity index (χ1v) is 6.83. The SMILES string of the molecule is CCOC(=O)CCCCCNCc1cccc(F)c1. The quantitative estimate of drug-likeness (QED) is 0.552. The average Bonchev–Trinajstić information content (AvgIpc) is 2.38. The minimum absolute atomic E-state index is 0.116. The molecule has 0 heterocycles. The topological polar surface area (TPSA) is 38.3 Å². The van der Waals surface area contributed by atoms with Crippen molar-refractivity contribution in [2.75, 3.05) is 13.2 Å². The molecule has 0 saturated carbocycles. The molecule has 0 radical (unpaired) electrons. The first-order chi connectivity index (χ1) is 9.22. The van der Waals surface area contributed by atoms with Crippen LogP contribution < -0.4 is 5.32 Å². The molecule has 1 rings (SSSR count). The van der Waals surface area contributed by atoms with E-state index in [9.17, 15) is 9.18 Å². The fourth-order valence-electron chi connectivity index (χ4n) is 1.81. The van der Waals surface area contributed by atoms with Gasteiger partial charge in [-0.1, -0.05) is 18.6 Å². The number of nitrogens with one attached hydrogen (secondary N) is 1. The van der Waals surface area contributed by atoms with Gasteiger partial charge in [-0.15, -0.1) is 0 Å². The predicted molar refractivity (Wildman–Crippen MR) is 73.2 cm³/mol. The van der Waals surface area contributed by atoms with Crippen molar-refractivity contribution in [3.05, 3.63) is 35.6 Å². The molecule has 19 heavy (non-hydrogen) atoms. The van der Waals surface area contributed by atoms with Crippen molar-refractivity contribution in [2.45, 2.75) is 39.2 Å². The van der Waals surface area contributed by atoms with Crippen molar-refractivity contribution in [1.82, 2.24) is 5.32 Å². The number of benzene rings is 1. The fourth-order valence-corrected chi connectivity index (χ4v) is 1.81. The first-order valence-electron chi connectivity index (χ1n) is 6.83. The van der Waals surface area contributed by atoms with Crippen LogP contribution in [0.5, 0.6) is 0 Å². The van der Waals surface area contributed by atoms with Gasteiger partial charge in [0.2, 0.25) is 0 Å². The van der Waals surface area contributed by atoms with Gasteiger partial charge in [0.15, 0.2) is 0 Å². The minimum atomic E-state index is -0.200. The Hall–Kier alpha value is -1.42. The highest BCUT2D eigenvalue weighted by Gasteiger charge is 2.00. The van der Waals surface area contributed by atoms with Gasteiger partial charge in [-0.2, -0.15) is 0 Å². The molecule has 0 fully saturated rings. The average molecular weight is 267 g/mol. The van der Waals surface area contributed by atoms with Crippen LogP contribution in [0.4, 0.5) is 4.39 Å². The van der Waals surface area contributed by atoms with Crippen LogP contribution in [0.25, 0.3) is 0 Å². The second-order valence-electron chi connectivity index (χ2n) is 4.42. The van der Waals surface area contributed by atoms with E-state index in [1.54, 1.807) is 6.07 Å². The summed E-state index contributed by atoms with van der Waals surface area (Å²) in [5, 5.41) is 3.26. The molecule has 3 nitrogen and oxygen atoms in total. The van der Waals surface area contributed by atoms with Crippen LogP contribution in [0.2, 0.25) is 0 Å². The van der Waals surface area contributed by atoms with Crippen molar-refractivity contribution in [2.24, 2.45) is 0 Å². The largest absolute Gasteiger partial charge is 0.466 e. The molecular formula is C15H22FNO2. The molecule has 1 aromatic carbocycles. The highest BCUT2D eigenvalue weighted by atomic mass is 19.1. The Morgan fingerprint density at radius 3 is 2.89 bits per heavy atom. The van der Waals surface area contributed by atoms with E-state index in [1.165, 1.54) is 12.1 Å². The van der Waals surface area contributed by atoms with Crippen LogP contribution >= 0.6 is 0 Å². The Morgan fingerprint density at radius 2 is 2.16 bits per heavy atom. The van der Waals surface area contributed by atoms with Crippen molar-refractivity contribution >= 4 is 5.97 Å². The number of carbonyl (C=O) groups is 1. The molecule has 0 aliphatic heterocycles. The van der Waals surface area contributed by atoms with Gasteiger partial charge in [-0.3, -0.25) is 4.79 Å². The van der Waals surface area contributed by atoms with E-state index in [4.69, 9.17) is 4.74 Å². The van der Waals surface area contributed by atoms with Crippen LogP contribution in [-0.2, 0) is 16.1 Å². The third-order valence-electron chi connectivity index (χ3n) is 2.76. The number of hydrogen-bond donors (Lipinski definition) is 1. The maximum Gasteiger partial charge on any atom is 0.305 e. The molecule has 0 bridgehead atoms. The molecule has 0 aliphatic rings. The summed E-state index contributed by atoms with van der Waals surface area (Å²) in [6.45, 7) is 3.82. The van der Waals surface area contributed by atoms with Crippen LogP contribution in [0, 0.1) is 5.82 Å². The van der Waals surface area contributed by atoms with E-state index in [1.807, 2.05) is 13.0 Å². The Balaban J connectivity index is 1.98. The third kappa shape index (κ3) is 7.57. The lowest BCUT2D eigenvalue weighted by molar-refractivity contribution is -0.143. The highest BCUT2D eigenvalue weighted by molar-refractivity contribution is 5.69. The summed E-state index contributed by atoms with van der Waals surface area (Å²) in [5.41, 5.74) is 0.950. The van der Waals surface area contributed by atoms with E-state index in [0.717, 1.165) is 31.4 Å². The molecule has 0 amide bonds. The summed E-state index contributed by atoms with van der Waals surface area (Å²) in [6, 6.07) is 6.59. The van der Waals surface area contributed by atoms with E-state index in [0.29, 0.717) is 19.6 Å². The number of esters is 1. The monoisotopic (exact) mass is 267 g/mol. The van der Waals surface area contributed by atoms with E-state index < -0.39 is 0 Å². The van der Waals surface area contributed by atoms with Crippen LogP contribution in [0.1, 0.15) is 38.2 Å². The lowest BCUT2D eigenvalue weighted by Crippen LogP contribution is -2.14. The van der Waals surface area contributed by atoms with Crippen molar-refractivity contribution < 1.29 is 13.9 Å². The molecule has 0 atom stereocenters. The summed E-state index contributed by atoms with van der Waals surface area (Å²) in [7, 11) is 0. The number of unbranched alkanes of at least 4 members (excludes halogenated alkanes) is 2. The molecule has 1 aromatic rings. The van der Waals surface area contributed by atoms with Gasteiger partial charge in [0.1, 0.15) is 5.82 Å². The summed E-state index contributed by atoms with van der Waals surface area (Å²) in [5.74, 6) is -0.316. The lowest BCUT2D eigenvalue weighted by Gasteiger charge is -2.05. The molecule has 0 saturated heterocycles. The summed E-state index contributed by atoms with van der Waals surface area (Å²) < 4.78 is 17.8. The zero-order valence-electron chi connectivity index (χ0n) is 11.5. The molecule has 1 N–H and O–H groups in total. The zero-order chi connectivity index (χ0) is 13.9. The van der Waals surface area contributed by atoms with Gasteiger partial charge in [0.05, 0.1) is 6.61 Å². The molecule has 106 valence electrons. The molecule has 0 unspecified atom stereocenters. The number of ether oxygens (including phenoxy) is 1. The maximum atomic E-state index is 12.9. The van der Waals surface area contributed by atoms with Gasteiger partial charge < -0.3 is 10.1 Å². The maximum absolute atomic E-state index is 12.9. The van der Waals surface area contributed by atoms with Crippen LogP contribution in [-0.4, -0.2) is 19.1 Å². The Morgan fingerprint density at radius 1 is 1.32 bits per heavy atom. The third-order valence-corrected chi connectivity index (χ3v) is 2.76. The lowest BCUT2D eigenvalue weighted by atomic mass is 10.2. The molecule has 0 aromatic heterocycles. The zero-order valence-corrected chi connectivity index (χ0v) is 11.5. The molecule has 4 heteroatoms. The van der Waals surface area contributed by atoms with E-state index >= 15 is 0 Å². The van der Waals surface area contributed by atoms with Gasteiger partial charge in [-0.25, -0.2) is 4.39 Å². The van der Waals surface area contributed by atoms with Gasteiger partial charge >= 0.3 is 5.97 Å². The molecule has 0 spiro atoms. The Bertz CT molecular complexity index is 382. The smallest absolute Gasteiger partial charge is 0.305 e. The van der Waals surface area contributed by atoms with Crippen LogP contribution in [0.15, 0.2) is 24.3 Å². The number of halogens is 1. The van der Waals surface area contributed by atoms with Crippen molar-refractivity contribution in [3.8, 4) is 0 Å². The Labute approximate surface area is 114 Å². The second-order valence-corrected chi connectivity index (χ2v) is 4.42. The fraction of sp³-hybridized carbons (Fsp3) is 0.533. The van der Waals surface area contributed by atoms with Crippen molar-refractivity contribution in [1.29, 1.82) is 0 Å². The number of carbonyl (C=O) groups excluding carboxylic acids is 1. The minimum Gasteiger partial charge on any atom is -0.466 e. The molecular weight excluding hydrogens is 245 g/mol. The van der Waals surface area contributed by atoms with E-state index in [2.05, 4.69) is 5.32 Å². The summed E-state index contributed by atoms with van der Waals surface area (Å²) in [6.07, 6.45) is 3.36. The first kappa shape index (κ1) is 15.6. The Kier molecular flexibility index (Phi) is 7.82. The van der Waals surface area contributed by atoms with Crippen molar-refractivity contribution in [3.63, 3.8) is 0 Å². The normalized spacial score (nSPS) is 10.4. The predicted octanol–water partition coefficient (Wildman–Crippen LogP) is 3.04. The summed E-state index contributed by atoms with van der Waals surface area (Å²) >= 11 is 0. The van der Waals surface area contributed by atoms with Gasteiger partial charge in [-0.05, 0) is 44.0 Å². The summed E-state index contributed by atoms with van der Waals surface area (Å²) in [4.78, 5) is 11.1.